The number of nitro groups is 1. The molecule has 1 aromatic carbocycles. The highest BCUT2D eigenvalue weighted by Gasteiger charge is 2.42. The number of nitrogens with zero attached hydrogens (tertiary/aromatic N) is 2. The number of thioether (sulfide) groups is 1. The van der Waals surface area contributed by atoms with Crippen LogP contribution in [0.3, 0.4) is 0 Å². The van der Waals surface area contributed by atoms with Crippen molar-refractivity contribution in [3.63, 3.8) is 0 Å². The van der Waals surface area contributed by atoms with Gasteiger partial charge in [0.2, 0.25) is 11.8 Å². The molecule has 0 aromatic heterocycles. The van der Waals surface area contributed by atoms with Gasteiger partial charge in [-0.15, -0.1) is 11.8 Å². The van der Waals surface area contributed by atoms with E-state index in [4.69, 9.17) is 5.73 Å². The first-order valence-electron chi connectivity index (χ1n) is 7.36. The van der Waals surface area contributed by atoms with Crippen molar-refractivity contribution in [3.05, 3.63) is 33.9 Å². The molecule has 1 unspecified atom stereocenters. The van der Waals surface area contributed by atoms with Gasteiger partial charge in [0.1, 0.15) is 0 Å². The van der Waals surface area contributed by atoms with E-state index in [1.165, 1.54) is 17.0 Å². The summed E-state index contributed by atoms with van der Waals surface area (Å²) >= 11 is 0.967. The second kappa shape index (κ2) is 7.09. The second-order valence-electron chi connectivity index (χ2n) is 6.02. The van der Waals surface area contributed by atoms with Gasteiger partial charge in [-0.3, -0.25) is 24.5 Å². The summed E-state index contributed by atoms with van der Waals surface area (Å²) in [5.74, 6) is -2.08. The molecule has 0 radical (unpaired) electrons. The maximum Gasteiger partial charge on any atom is 0.311 e. The average Bonchev–Trinajstić information content (AvgIpc) is 2.96. The van der Waals surface area contributed by atoms with Gasteiger partial charge in [-0.05, 0) is 25.5 Å². The zero-order chi connectivity index (χ0) is 18.8. The van der Waals surface area contributed by atoms with Crippen molar-refractivity contribution in [1.29, 1.82) is 0 Å². The van der Waals surface area contributed by atoms with Crippen molar-refractivity contribution in [2.75, 3.05) is 18.8 Å². The Balaban J connectivity index is 2.06. The first-order chi connectivity index (χ1) is 11.6. The Morgan fingerprint density at radius 2 is 2.12 bits per heavy atom. The van der Waals surface area contributed by atoms with Crippen LogP contribution in [0.4, 0.5) is 5.69 Å². The number of amides is 2. The van der Waals surface area contributed by atoms with Crippen LogP contribution in [-0.2, 0) is 9.59 Å². The van der Waals surface area contributed by atoms with Crippen molar-refractivity contribution < 1.29 is 24.4 Å². The molecular weight excluding hydrogens is 350 g/mol. The number of carbonyl (C=O) groups excluding carboxylic acids is 2. The molecule has 1 aliphatic rings. The second-order valence-corrected chi connectivity index (χ2v) is 7.04. The van der Waals surface area contributed by atoms with Gasteiger partial charge in [0.15, 0.2) is 0 Å². The summed E-state index contributed by atoms with van der Waals surface area (Å²) in [6.45, 7) is 2.04. The number of likely N-dealkylation sites (tertiary alicyclic amines) is 1. The van der Waals surface area contributed by atoms with Crippen LogP contribution in [0, 0.1) is 15.5 Å². The molecule has 1 saturated heterocycles. The Kier molecular flexibility index (Phi) is 5.31. The molecular formula is C15H17N3O6S. The maximum absolute atomic E-state index is 12.3. The van der Waals surface area contributed by atoms with Crippen molar-refractivity contribution in [2.24, 2.45) is 11.1 Å². The van der Waals surface area contributed by atoms with Crippen LogP contribution in [-0.4, -0.2) is 51.6 Å². The van der Waals surface area contributed by atoms with E-state index in [2.05, 4.69) is 0 Å². The number of hydrogen-bond donors (Lipinski definition) is 2. The fourth-order valence-electron chi connectivity index (χ4n) is 2.51. The molecule has 1 atom stereocenters. The third-order valence-electron chi connectivity index (χ3n) is 4.13. The molecule has 0 aliphatic carbocycles. The largest absolute Gasteiger partial charge is 0.481 e. The summed E-state index contributed by atoms with van der Waals surface area (Å²) in [5.41, 5.74) is 3.86. The predicted molar refractivity (Wildman–Crippen MR) is 89.3 cm³/mol. The van der Waals surface area contributed by atoms with Gasteiger partial charge in [0, 0.05) is 24.7 Å². The van der Waals surface area contributed by atoms with E-state index < -0.39 is 22.2 Å². The number of carboxylic acids is 1. The lowest BCUT2D eigenvalue weighted by atomic mass is 9.90. The lowest BCUT2D eigenvalue weighted by Crippen LogP contribution is -2.35. The topological polar surface area (TPSA) is 144 Å². The molecule has 2 amide bonds. The summed E-state index contributed by atoms with van der Waals surface area (Å²) in [5, 5.41) is 20.3. The first kappa shape index (κ1) is 18.7. The van der Waals surface area contributed by atoms with Crippen LogP contribution in [0.5, 0.6) is 0 Å². The van der Waals surface area contributed by atoms with Crippen LogP contribution in [0.15, 0.2) is 23.1 Å². The summed E-state index contributed by atoms with van der Waals surface area (Å²) in [6, 6.07) is 3.81. The van der Waals surface area contributed by atoms with Crippen LogP contribution in [0.1, 0.15) is 23.7 Å². The smallest absolute Gasteiger partial charge is 0.311 e. The molecule has 25 heavy (non-hydrogen) atoms. The molecule has 2 rings (SSSR count). The molecule has 1 heterocycles. The van der Waals surface area contributed by atoms with Gasteiger partial charge in [-0.1, -0.05) is 0 Å². The number of carboxylic acid groups (broad SMARTS) is 1. The van der Waals surface area contributed by atoms with Gasteiger partial charge in [-0.2, -0.15) is 0 Å². The predicted octanol–water partition coefficient (Wildman–Crippen LogP) is 1.11. The van der Waals surface area contributed by atoms with Gasteiger partial charge >= 0.3 is 5.97 Å². The van der Waals surface area contributed by atoms with E-state index >= 15 is 0 Å². The Morgan fingerprint density at radius 1 is 1.44 bits per heavy atom. The molecule has 10 heteroatoms. The highest BCUT2D eigenvalue weighted by molar-refractivity contribution is 8.00. The number of carbonyl (C=O) groups is 3. The van der Waals surface area contributed by atoms with E-state index in [0.29, 0.717) is 13.0 Å². The van der Waals surface area contributed by atoms with E-state index in [1.807, 2.05) is 0 Å². The van der Waals surface area contributed by atoms with E-state index in [1.54, 1.807) is 6.92 Å². The molecule has 134 valence electrons. The summed E-state index contributed by atoms with van der Waals surface area (Å²) < 4.78 is 0. The molecule has 1 aromatic rings. The van der Waals surface area contributed by atoms with Crippen LogP contribution in [0.2, 0.25) is 0 Å². The SMILES string of the molecule is CC1(C(=O)O)CCN(C(=O)CSc2ccc(C(N)=O)cc2[N+](=O)[O-])C1. The minimum Gasteiger partial charge on any atom is -0.481 e. The number of benzene rings is 1. The molecule has 3 N–H and O–H groups in total. The number of rotatable bonds is 6. The molecule has 1 aliphatic heterocycles. The minimum absolute atomic E-state index is 0.0131. The number of primary amides is 1. The highest BCUT2D eigenvalue weighted by Crippen LogP contribution is 2.33. The number of nitro benzene ring substituents is 1. The Labute approximate surface area is 147 Å². The molecule has 9 nitrogen and oxygen atoms in total. The van der Waals surface area contributed by atoms with Crippen LogP contribution < -0.4 is 5.73 Å². The zero-order valence-corrected chi connectivity index (χ0v) is 14.2. The van der Waals surface area contributed by atoms with Crippen molar-refractivity contribution >= 4 is 35.2 Å². The molecule has 0 spiro atoms. The van der Waals surface area contributed by atoms with Crippen LogP contribution in [0.25, 0.3) is 0 Å². The Morgan fingerprint density at radius 3 is 2.64 bits per heavy atom. The van der Waals surface area contributed by atoms with E-state index in [0.717, 1.165) is 17.8 Å². The quantitative estimate of drug-likeness (QED) is 0.435. The fraction of sp³-hybridized carbons (Fsp3) is 0.400. The summed E-state index contributed by atoms with van der Waals surface area (Å²) in [6.07, 6.45) is 0.367. The highest BCUT2D eigenvalue weighted by atomic mass is 32.2. The van der Waals surface area contributed by atoms with Gasteiger partial charge < -0.3 is 15.7 Å². The van der Waals surface area contributed by atoms with Gasteiger partial charge in [-0.25, -0.2) is 0 Å². The number of aliphatic carboxylic acids is 1. The van der Waals surface area contributed by atoms with E-state index in [9.17, 15) is 29.6 Å². The number of nitrogens with two attached hydrogens (primary N) is 1. The first-order valence-corrected chi connectivity index (χ1v) is 8.35. The van der Waals surface area contributed by atoms with Crippen molar-refractivity contribution in [1.82, 2.24) is 4.90 Å². The van der Waals surface area contributed by atoms with Crippen molar-refractivity contribution in [2.45, 2.75) is 18.2 Å². The lowest BCUT2D eigenvalue weighted by molar-refractivity contribution is -0.387. The number of hydrogen-bond acceptors (Lipinski definition) is 6. The van der Waals surface area contributed by atoms with Gasteiger partial charge in [0.25, 0.3) is 5.69 Å². The Bertz CT molecular complexity index is 753. The third kappa shape index (κ3) is 4.08. The summed E-state index contributed by atoms with van der Waals surface area (Å²) in [7, 11) is 0. The normalized spacial score (nSPS) is 19.6. The zero-order valence-electron chi connectivity index (χ0n) is 13.4. The fourth-order valence-corrected chi connectivity index (χ4v) is 3.42. The standard InChI is InChI=1S/C15H17N3O6S/c1-15(14(21)22)4-5-17(8-15)12(19)7-25-11-3-2-9(13(16)20)6-10(11)18(23)24/h2-3,6H,4-5,7-8H2,1H3,(H2,16,20)(H,21,22). The minimum atomic E-state index is -0.963. The lowest BCUT2D eigenvalue weighted by Gasteiger charge is -2.20. The monoisotopic (exact) mass is 367 g/mol. The maximum atomic E-state index is 12.3. The van der Waals surface area contributed by atoms with Gasteiger partial charge in [0.05, 0.1) is 21.0 Å². The van der Waals surface area contributed by atoms with Crippen molar-refractivity contribution in [3.8, 4) is 0 Å². The summed E-state index contributed by atoms with van der Waals surface area (Å²) in [4.78, 5) is 46.8. The Hall–Kier alpha value is -2.62. The molecule has 0 saturated carbocycles. The molecule has 1 fully saturated rings. The van der Waals surface area contributed by atoms with Crippen LogP contribution >= 0.6 is 11.8 Å². The average molecular weight is 367 g/mol. The third-order valence-corrected chi connectivity index (χ3v) is 5.18. The molecule has 0 bridgehead atoms. The van der Waals surface area contributed by atoms with E-state index in [-0.39, 0.29) is 34.4 Å².